The van der Waals surface area contributed by atoms with Gasteiger partial charge in [-0.1, -0.05) is 0 Å². The Morgan fingerprint density at radius 2 is 1.83 bits per heavy atom. The first kappa shape index (κ1) is 16.7. The van der Waals surface area contributed by atoms with Crippen molar-refractivity contribution in [2.75, 3.05) is 12.3 Å². The molecule has 0 aliphatic carbocycles. The van der Waals surface area contributed by atoms with Crippen molar-refractivity contribution in [1.29, 1.82) is 0 Å². The van der Waals surface area contributed by atoms with Crippen molar-refractivity contribution in [3.8, 4) is 5.75 Å². The number of benzene rings is 2. The summed E-state index contributed by atoms with van der Waals surface area (Å²) in [4.78, 5) is 12.0. The summed E-state index contributed by atoms with van der Waals surface area (Å²) >= 11 is 0. The molecule has 0 saturated carbocycles. The van der Waals surface area contributed by atoms with Crippen LogP contribution in [-0.4, -0.2) is 18.1 Å². The maximum Gasteiger partial charge on any atom is 0.251 e. The molecule has 0 heterocycles. The van der Waals surface area contributed by atoms with Gasteiger partial charge in [0.1, 0.15) is 23.0 Å². The molecule has 2 rings (SSSR count). The molecule has 3 N–H and O–H groups in total. The summed E-state index contributed by atoms with van der Waals surface area (Å²) in [6.07, 6.45) is 0. The third-order valence-corrected chi connectivity index (χ3v) is 3.15. The maximum absolute atomic E-state index is 13.4. The molecular formula is C17H18F2N2O2. The lowest BCUT2D eigenvalue weighted by Gasteiger charge is -2.26. The van der Waals surface area contributed by atoms with Crippen molar-refractivity contribution in [2.45, 2.75) is 19.4 Å². The number of anilines is 1. The van der Waals surface area contributed by atoms with Crippen LogP contribution in [0.1, 0.15) is 24.2 Å². The number of nitrogen functional groups attached to an aromatic ring is 1. The van der Waals surface area contributed by atoms with Gasteiger partial charge in [-0.15, -0.1) is 0 Å². The number of hydrogen-bond acceptors (Lipinski definition) is 3. The van der Waals surface area contributed by atoms with E-state index in [1.165, 1.54) is 36.4 Å². The average molecular weight is 320 g/mol. The molecule has 0 unspecified atom stereocenters. The van der Waals surface area contributed by atoms with E-state index in [1.807, 2.05) is 0 Å². The van der Waals surface area contributed by atoms with Crippen LogP contribution >= 0.6 is 0 Å². The van der Waals surface area contributed by atoms with E-state index >= 15 is 0 Å². The van der Waals surface area contributed by atoms with Crippen LogP contribution in [0.4, 0.5) is 14.5 Å². The maximum atomic E-state index is 13.4. The summed E-state index contributed by atoms with van der Waals surface area (Å²) in [7, 11) is 0. The Labute approximate surface area is 133 Å². The second-order valence-corrected chi connectivity index (χ2v) is 5.73. The molecule has 0 spiro atoms. The van der Waals surface area contributed by atoms with Gasteiger partial charge in [-0.2, -0.15) is 0 Å². The van der Waals surface area contributed by atoms with Crippen LogP contribution < -0.4 is 15.8 Å². The highest BCUT2D eigenvalue weighted by Gasteiger charge is 2.21. The molecule has 0 bridgehead atoms. The minimum Gasteiger partial charge on any atom is -0.486 e. The van der Waals surface area contributed by atoms with Crippen LogP contribution in [0.2, 0.25) is 0 Å². The Morgan fingerprint density at radius 1 is 1.17 bits per heavy atom. The van der Waals surface area contributed by atoms with Crippen LogP contribution in [0.3, 0.4) is 0 Å². The van der Waals surface area contributed by atoms with Gasteiger partial charge in [-0.05, 0) is 56.3 Å². The first-order valence-corrected chi connectivity index (χ1v) is 7.05. The van der Waals surface area contributed by atoms with Crippen LogP contribution in [0.25, 0.3) is 0 Å². The van der Waals surface area contributed by atoms with Gasteiger partial charge in [0.2, 0.25) is 0 Å². The molecule has 0 fully saturated rings. The van der Waals surface area contributed by atoms with Crippen LogP contribution in [0.15, 0.2) is 42.5 Å². The molecule has 122 valence electrons. The van der Waals surface area contributed by atoms with E-state index in [2.05, 4.69) is 5.32 Å². The molecule has 2 aromatic carbocycles. The van der Waals surface area contributed by atoms with Crippen LogP contribution in [0, 0.1) is 11.6 Å². The van der Waals surface area contributed by atoms with Gasteiger partial charge in [0.05, 0.1) is 12.2 Å². The number of nitrogens with one attached hydrogen (secondary N) is 1. The number of nitrogens with two attached hydrogens (primary N) is 1. The van der Waals surface area contributed by atoms with Gasteiger partial charge in [0, 0.05) is 5.56 Å². The van der Waals surface area contributed by atoms with Crippen molar-refractivity contribution in [1.82, 2.24) is 5.32 Å². The standard InChI is InChI=1S/C17H18F2N2O2/c1-17(2,23-13-6-4-12(18)5-7-13)10-21-16(22)11-3-8-15(20)14(19)9-11/h3-9H,10,20H2,1-2H3,(H,21,22). The Hall–Kier alpha value is -2.63. The number of hydrogen-bond donors (Lipinski definition) is 2. The highest BCUT2D eigenvalue weighted by Crippen LogP contribution is 2.18. The first-order valence-electron chi connectivity index (χ1n) is 7.05. The third kappa shape index (κ3) is 4.67. The van der Waals surface area contributed by atoms with Gasteiger partial charge in [0.15, 0.2) is 0 Å². The monoisotopic (exact) mass is 320 g/mol. The Morgan fingerprint density at radius 3 is 2.43 bits per heavy atom. The molecule has 0 aliphatic heterocycles. The number of rotatable bonds is 5. The van der Waals surface area contributed by atoms with E-state index in [9.17, 15) is 13.6 Å². The predicted octanol–water partition coefficient (Wildman–Crippen LogP) is 3.13. The molecule has 0 radical (unpaired) electrons. The zero-order valence-corrected chi connectivity index (χ0v) is 12.9. The number of halogens is 2. The van der Waals surface area contributed by atoms with Crippen LogP contribution in [-0.2, 0) is 0 Å². The van der Waals surface area contributed by atoms with Crippen molar-refractivity contribution in [3.05, 3.63) is 59.7 Å². The molecule has 6 heteroatoms. The van der Waals surface area contributed by atoms with Crippen molar-refractivity contribution >= 4 is 11.6 Å². The number of ether oxygens (including phenoxy) is 1. The largest absolute Gasteiger partial charge is 0.486 e. The SMILES string of the molecule is CC(C)(CNC(=O)c1ccc(N)c(F)c1)Oc1ccc(F)cc1. The fraction of sp³-hybridized carbons (Fsp3) is 0.235. The van der Waals surface area contributed by atoms with Gasteiger partial charge in [-0.3, -0.25) is 4.79 Å². The quantitative estimate of drug-likeness (QED) is 0.832. The zero-order valence-electron chi connectivity index (χ0n) is 12.9. The lowest BCUT2D eigenvalue weighted by Crippen LogP contribution is -2.42. The molecular weight excluding hydrogens is 302 g/mol. The Kier molecular flexibility index (Phi) is 4.83. The molecule has 1 amide bonds. The van der Waals surface area contributed by atoms with Gasteiger partial charge in [0.25, 0.3) is 5.91 Å². The average Bonchev–Trinajstić information content (AvgIpc) is 2.50. The Bertz CT molecular complexity index is 700. The number of carbonyl (C=O) groups excluding carboxylic acids is 1. The predicted molar refractivity (Wildman–Crippen MR) is 84.3 cm³/mol. The van der Waals surface area contributed by atoms with Gasteiger partial charge in [-0.25, -0.2) is 8.78 Å². The fourth-order valence-corrected chi connectivity index (χ4v) is 1.92. The summed E-state index contributed by atoms with van der Waals surface area (Å²) in [5.74, 6) is -0.933. The van der Waals surface area contributed by atoms with E-state index in [0.717, 1.165) is 6.07 Å². The summed E-state index contributed by atoms with van der Waals surface area (Å²) in [5.41, 5.74) is 4.82. The zero-order chi connectivity index (χ0) is 17.0. The second kappa shape index (κ2) is 6.64. The lowest BCUT2D eigenvalue weighted by atomic mass is 10.1. The molecule has 0 saturated heterocycles. The van der Waals surface area contributed by atoms with Crippen LogP contribution in [0.5, 0.6) is 5.75 Å². The Balaban J connectivity index is 1.96. The molecule has 2 aromatic rings. The molecule has 4 nitrogen and oxygen atoms in total. The molecule has 23 heavy (non-hydrogen) atoms. The highest BCUT2D eigenvalue weighted by molar-refractivity contribution is 5.94. The van der Waals surface area contributed by atoms with Crippen molar-refractivity contribution in [3.63, 3.8) is 0 Å². The van der Waals surface area contributed by atoms with Crippen molar-refractivity contribution < 1.29 is 18.3 Å². The number of amides is 1. The normalized spacial score (nSPS) is 11.1. The van der Waals surface area contributed by atoms with Gasteiger partial charge < -0.3 is 15.8 Å². The summed E-state index contributed by atoms with van der Waals surface area (Å²) in [5, 5.41) is 2.67. The van der Waals surface area contributed by atoms with Gasteiger partial charge >= 0.3 is 0 Å². The lowest BCUT2D eigenvalue weighted by molar-refractivity contribution is 0.0824. The van der Waals surface area contributed by atoms with E-state index in [0.29, 0.717) is 5.75 Å². The van der Waals surface area contributed by atoms with E-state index in [4.69, 9.17) is 10.5 Å². The summed E-state index contributed by atoms with van der Waals surface area (Å²) < 4.78 is 32.0. The van der Waals surface area contributed by atoms with E-state index < -0.39 is 17.3 Å². The molecule has 0 atom stereocenters. The smallest absolute Gasteiger partial charge is 0.251 e. The van der Waals surface area contributed by atoms with E-state index in [1.54, 1.807) is 13.8 Å². The van der Waals surface area contributed by atoms with E-state index in [-0.39, 0.29) is 23.6 Å². The minimum absolute atomic E-state index is 0.0125. The van der Waals surface area contributed by atoms with Crippen molar-refractivity contribution in [2.24, 2.45) is 0 Å². The second-order valence-electron chi connectivity index (χ2n) is 5.73. The minimum atomic E-state index is -0.722. The first-order chi connectivity index (χ1) is 10.8. The topological polar surface area (TPSA) is 64.4 Å². The summed E-state index contributed by atoms with van der Waals surface area (Å²) in [6, 6.07) is 9.47. The molecule has 0 aromatic heterocycles. The third-order valence-electron chi connectivity index (χ3n) is 3.15. The fourth-order valence-electron chi connectivity index (χ4n) is 1.92. The number of carbonyl (C=O) groups is 1. The summed E-state index contributed by atoms with van der Waals surface area (Å²) in [6.45, 7) is 3.75. The molecule has 0 aliphatic rings. The highest BCUT2D eigenvalue weighted by atomic mass is 19.1.